The van der Waals surface area contributed by atoms with Crippen LogP contribution in [0.4, 0.5) is 0 Å². The van der Waals surface area contributed by atoms with Gasteiger partial charge in [0, 0.05) is 23.8 Å². The molecule has 2 aromatic rings. The number of benzene rings is 2. The topological polar surface area (TPSA) is 24.1 Å². The zero-order chi connectivity index (χ0) is 15.0. The molecule has 0 atom stereocenters. The Morgan fingerprint density at radius 1 is 0.500 bits per heavy atom. The highest BCUT2D eigenvalue weighted by Gasteiger charge is 2.05. The molecule has 2 aromatic carbocycles. The van der Waals surface area contributed by atoms with Gasteiger partial charge in [0.1, 0.15) is 0 Å². The molecule has 22 heavy (non-hydrogen) atoms. The minimum absolute atomic E-state index is 1.03. The molecule has 1 aliphatic rings. The first-order valence-electron chi connectivity index (χ1n) is 7.89. The van der Waals surface area contributed by atoms with Gasteiger partial charge in [0.15, 0.2) is 0 Å². The third-order valence-corrected chi connectivity index (χ3v) is 3.92. The summed E-state index contributed by atoms with van der Waals surface area (Å²) in [7, 11) is 0. The van der Waals surface area contributed by atoms with Gasteiger partial charge in [-0.1, -0.05) is 60.7 Å². The van der Waals surface area contributed by atoms with Crippen LogP contribution in [0.2, 0.25) is 0 Å². The second kappa shape index (κ2) is 7.51. The number of nitrogens with one attached hydrogen (secondary N) is 2. The van der Waals surface area contributed by atoms with Crippen molar-refractivity contribution in [2.75, 3.05) is 0 Å². The molecular formula is C20H22N2. The van der Waals surface area contributed by atoms with Gasteiger partial charge >= 0.3 is 0 Å². The molecule has 2 N–H and O–H groups in total. The summed E-state index contributed by atoms with van der Waals surface area (Å²) in [6.07, 6.45) is 8.38. The summed E-state index contributed by atoms with van der Waals surface area (Å²) in [5.74, 6) is 0. The molecule has 0 spiro atoms. The smallest absolute Gasteiger partial charge is 0.0313 e. The molecule has 0 radical (unpaired) electrons. The van der Waals surface area contributed by atoms with Crippen molar-refractivity contribution >= 4 is 0 Å². The predicted octanol–water partition coefficient (Wildman–Crippen LogP) is 4.13. The third kappa shape index (κ3) is 4.26. The molecule has 3 rings (SSSR count). The maximum absolute atomic E-state index is 3.41. The average Bonchev–Trinajstić information content (AvgIpc) is 2.61. The summed E-state index contributed by atoms with van der Waals surface area (Å²) >= 11 is 0. The van der Waals surface area contributed by atoms with E-state index in [0.717, 1.165) is 25.7 Å². The van der Waals surface area contributed by atoms with Gasteiger partial charge in [-0.3, -0.25) is 0 Å². The van der Waals surface area contributed by atoms with Crippen molar-refractivity contribution in [2.24, 2.45) is 0 Å². The average molecular weight is 290 g/mol. The van der Waals surface area contributed by atoms with Gasteiger partial charge in [0.05, 0.1) is 0 Å². The van der Waals surface area contributed by atoms with E-state index in [4.69, 9.17) is 0 Å². The van der Waals surface area contributed by atoms with Gasteiger partial charge in [-0.25, -0.2) is 0 Å². The summed E-state index contributed by atoms with van der Waals surface area (Å²) in [6.45, 7) is 0. The van der Waals surface area contributed by atoms with E-state index in [0.29, 0.717) is 0 Å². The van der Waals surface area contributed by atoms with Gasteiger partial charge in [-0.05, 0) is 36.8 Å². The number of hydrogen-bond acceptors (Lipinski definition) is 2. The highest BCUT2D eigenvalue weighted by molar-refractivity contribution is 5.21. The van der Waals surface area contributed by atoms with E-state index in [-0.39, 0.29) is 0 Å². The Bertz CT molecular complexity index is 582. The SMILES string of the molecule is C1=C(CCc2ccccc2)NC=C(CCc2ccccc2)N1. The first-order chi connectivity index (χ1) is 10.9. The van der Waals surface area contributed by atoms with E-state index in [1.807, 2.05) is 0 Å². The second-order valence-corrected chi connectivity index (χ2v) is 5.60. The van der Waals surface area contributed by atoms with E-state index in [9.17, 15) is 0 Å². The molecule has 0 fully saturated rings. The lowest BCUT2D eigenvalue weighted by molar-refractivity contribution is 0.765. The molecule has 112 valence electrons. The second-order valence-electron chi connectivity index (χ2n) is 5.60. The monoisotopic (exact) mass is 290 g/mol. The molecule has 1 heterocycles. The van der Waals surface area contributed by atoms with Crippen LogP contribution in [0.1, 0.15) is 24.0 Å². The molecular weight excluding hydrogens is 268 g/mol. The van der Waals surface area contributed by atoms with Gasteiger partial charge in [0.25, 0.3) is 0 Å². The van der Waals surface area contributed by atoms with Gasteiger partial charge in [0.2, 0.25) is 0 Å². The third-order valence-electron chi connectivity index (χ3n) is 3.92. The Labute approximate surface area is 132 Å². The van der Waals surface area contributed by atoms with Crippen molar-refractivity contribution in [3.8, 4) is 0 Å². The summed E-state index contributed by atoms with van der Waals surface area (Å²) < 4.78 is 0. The van der Waals surface area contributed by atoms with Gasteiger partial charge < -0.3 is 10.6 Å². The van der Waals surface area contributed by atoms with Crippen LogP contribution in [-0.4, -0.2) is 0 Å². The van der Waals surface area contributed by atoms with Crippen LogP contribution in [0.15, 0.2) is 84.5 Å². The summed E-state index contributed by atoms with van der Waals surface area (Å²) in [5.41, 5.74) is 5.24. The van der Waals surface area contributed by atoms with Crippen LogP contribution in [0.5, 0.6) is 0 Å². The minimum Gasteiger partial charge on any atom is -0.362 e. The molecule has 2 nitrogen and oxygen atoms in total. The Morgan fingerprint density at radius 3 is 1.27 bits per heavy atom. The molecule has 0 saturated carbocycles. The fourth-order valence-corrected chi connectivity index (χ4v) is 2.58. The Balaban J connectivity index is 1.43. The van der Waals surface area contributed by atoms with E-state index in [1.54, 1.807) is 0 Å². The van der Waals surface area contributed by atoms with E-state index >= 15 is 0 Å². The quantitative estimate of drug-likeness (QED) is 0.836. The summed E-state index contributed by atoms with van der Waals surface area (Å²) in [6, 6.07) is 21.2. The van der Waals surface area contributed by atoms with Crippen LogP contribution in [0, 0.1) is 0 Å². The number of allylic oxidation sites excluding steroid dienone is 2. The lowest BCUT2D eigenvalue weighted by atomic mass is 10.1. The van der Waals surface area contributed by atoms with Crippen LogP contribution < -0.4 is 10.6 Å². The largest absolute Gasteiger partial charge is 0.362 e. The highest BCUT2D eigenvalue weighted by atomic mass is 15.0. The predicted molar refractivity (Wildman–Crippen MR) is 92.0 cm³/mol. The van der Waals surface area contributed by atoms with Crippen LogP contribution >= 0.6 is 0 Å². The maximum atomic E-state index is 3.41. The normalized spacial score (nSPS) is 13.6. The molecule has 0 unspecified atom stereocenters. The Morgan fingerprint density at radius 2 is 0.909 bits per heavy atom. The summed E-state index contributed by atoms with van der Waals surface area (Å²) in [5, 5.41) is 6.82. The molecule has 0 saturated heterocycles. The number of rotatable bonds is 6. The summed E-state index contributed by atoms with van der Waals surface area (Å²) in [4.78, 5) is 0. The number of aryl methyl sites for hydroxylation is 2. The zero-order valence-electron chi connectivity index (χ0n) is 12.8. The molecule has 0 aliphatic carbocycles. The fourth-order valence-electron chi connectivity index (χ4n) is 2.58. The van der Waals surface area contributed by atoms with E-state index < -0.39 is 0 Å². The molecule has 0 amide bonds. The molecule has 0 aromatic heterocycles. The molecule has 2 heteroatoms. The van der Waals surface area contributed by atoms with Crippen molar-refractivity contribution in [1.29, 1.82) is 0 Å². The van der Waals surface area contributed by atoms with E-state index in [1.165, 1.54) is 22.5 Å². The van der Waals surface area contributed by atoms with Crippen LogP contribution in [0.3, 0.4) is 0 Å². The lowest BCUT2D eigenvalue weighted by Crippen LogP contribution is -2.21. The van der Waals surface area contributed by atoms with Crippen molar-refractivity contribution in [2.45, 2.75) is 25.7 Å². The van der Waals surface area contributed by atoms with Gasteiger partial charge in [-0.15, -0.1) is 0 Å². The van der Waals surface area contributed by atoms with Crippen LogP contribution in [0.25, 0.3) is 0 Å². The van der Waals surface area contributed by atoms with Gasteiger partial charge in [-0.2, -0.15) is 0 Å². The van der Waals surface area contributed by atoms with Crippen molar-refractivity contribution < 1.29 is 0 Å². The zero-order valence-corrected chi connectivity index (χ0v) is 12.8. The fraction of sp³-hybridized carbons (Fsp3) is 0.200. The van der Waals surface area contributed by atoms with Crippen molar-refractivity contribution in [1.82, 2.24) is 10.6 Å². The van der Waals surface area contributed by atoms with Crippen LogP contribution in [-0.2, 0) is 12.8 Å². The van der Waals surface area contributed by atoms with E-state index in [2.05, 4.69) is 83.7 Å². The Hall–Kier alpha value is -2.48. The maximum Gasteiger partial charge on any atom is 0.0313 e. The lowest BCUT2D eigenvalue weighted by Gasteiger charge is -2.17. The highest BCUT2D eigenvalue weighted by Crippen LogP contribution is 2.12. The molecule has 0 bridgehead atoms. The minimum atomic E-state index is 1.03. The standard InChI is InChI=1S/C20H22N2/c1-3-7-17(8-4-1)11-13-19-15-22-20(16-21-19)14-12-18-9-5-2-6-10-18/h1-10,15-16,21-22H,11-14H2. The molecule has 1 aliphatic heterocycles. The number of hydrogen-bond donors (Lipinski definition) is 2. The van der Waals surface area contributed by atoms with Crippen molar-refractivity contribution in [3.63, 3.8) is 0 Å². The van der Waals surface area contributed by atoms with Crippen molar-refractivity contribution in [3.05, 3.63) is 95.6 Å². The first kappa shape index (κ1) is 14.5. The first-order valence-corrected chi connectivity index (χ1v) is 7.89. The Kier molecular flexibility index (Phi) is 4.93.